The van der Waals surface area contributed by atoms with Crippen molar-refractivity contribution in [2.45, 2.75) is 6.92 Å². The number of fused-ring (bicyclic) bond motifs is 1. The van der Waals surface area contributed by atoms with Crippen LogP contribution in [0, 0.1) is 12.7 Å². The van der Waals surface area contributed by atoms with E-state index < -0.39 is 11.5 Å². The van der Waals surface area contributed by atoms with Crippen LogP contribution in [0.2, 0.25) is 0 Å². The van der Waals surface area contributed by atoms with E-state index in [0.29, 0.717) is 21.1 Å². The molecule has 0 unspecified atom stereocenters. The fourth-order valence-corrected chi connectivity index (χ4v) is 2.76. The summed E-state index contributed by atoms with van der Waals surface area (Å²) in [5.41, 5.74) is 0.653. The first-order chi connectivity index (χ1) is 9.90. The largest absolute Gasteiger partial charge is 0.331 e. The average Bonchev–Trinajstić information content (AvgIpc) is 2.73. The Bertz CT molecular complexity index is 984. The Labute approximate surface area is 126 Å². The van der Waals surface area contributed by atoms with E-state index in [2.05, 4.69) is 20.9 Å². The quantitative estimate of drug-likeness (QED) is 0.730. The lowest BCUT2D eigenvalue weighted by molar-refractivity contribution is 0.617. The monoisotopic (exact) mass is 351 g/mol. The molecule has 108 valence electrons. The molecule has 2 aromatic heterocycles. The molecule has 0 amide bonds. The third-order valence-electron chi connectivity index (χ3n) is 3.39. The van der Waals surface area contributed by atoms with E-state index in [0.717, 1.165) is 0 Å². The first-order valence-electron chi connectivity index (χ1n) is 6.16. The summed E-state index contributed by atoms with van der Waals surface area (Å²) in [7, 11) is 1.60. The molecule has 0 bridgehead atoms. The number of aromatic nitrogens is 3. The molecule has 7 heteroatoms. The van der Waals surface area contributed by atoms with Crippen LogP contribution in [0.15, 0.2) is 38.5 Å². The molecule has 0 atom stereocenters. The molecule has 0 radical (unpaired) electrons. The Morgan fingerprint density at radius 2 is 2.00 bits per heavy atom. The van der Waals surface area contributed by atoms with Crippen LogP contribution in [0.5, 0.6) is 0 Å². The molecular formula is C14H11BrFN3O2. The van der Waals surface area contributed by atoms with Gasteiger partial charge in [-0.15, -0.1) is 0 Å². The fourth-order valence-electron chi connectivity index (χ4n) is 2.43. The molecule has 1 N–H and O–H groups in total. The highest BCUT2D eigenvalue weighted by atomic mass is 79.9. The van der Waals surface area contributed by atoms with E-state index in [1.165, 1.54) is 27.5 Å². The van der Waals surface area contributed by atoms with Gasteiger partial charge < -0.3 is 9.55 Å². The number of aromatic amines is 1. The number of hydrogen-bond acceptors (Lipinski definition) is 2. The van der Waals surface area contributed by atoms with Crippen molar-refractivity contribution in [1.82, 2.24) is 14.1 Å². The predicted octanol–water partition coefficient (Wildman–Crippen LogP) is 2.23. The van der Waals surface area contributed by atoms with Gasteiger partial charge in [0.25, 0.3) is 5.56 Å². The minimum Gasteiger partial charge on any atom is -0.316 e. The van der Waals surface area contributed by atoms with Gasteiger partial charge in [0.05, 0.1) is 16.7 Å². The van der Waals surface area contributed by atoms with E-state index in [1.54, 1.807) is 20.0 Å². The van der Waals surface area contributed by atoms with E-state index in [1.807, 2.05) is 0 Å². The summed E-state index contributed by atoms with van der Waals surface area (Å²) in [5.74, 6) is -0.549. The number of benzene rings is 1. The van der Waals surface area contributed by atoms with Gasteiger partial charge in [-0.3, -0.25) is 9.36 Å². The maximum absolute atomic E-state index is 14.1. The van der Waals surface area contributed by atoms with E-state index >= 15 is 0 Å². The van der Waals surface area contributed by atoms with Gasteiger partial charge in [-0.1, -0.05) is 15.9 Å². The van der Waals surface area contributed by atoms with Gasteiger partial charge in [0.1, 0.15) is 5.82 Å². The minimum atomic E-state index is -0.549. The Hall–Kier alpha value is -2.15. The molecule has 1 aromatic carbocycles. The molecule has 0 aliphatic carbocycles. The van der Waals surface area contributed by atoms with Crippen LogP contribution in [0.1, 0.15) is 5.56 Å². The first-order valence-corrected chi connectivity index (χ1v) is 6.96. The molecule has 0 aliphatic rings. The molecule has 0 spiro atoms. The SMILES string of the molecule is Cc1c(=O)n(C)cc2[nH]c(=O)n(-c3ccc(Br)cc3F)c12. The van der Waals surface area contributed by atoms with Crippen LogP contribution in [0.4, 0.5) is 4.39 Å². The Kier molecular flexibility index (Phi) is 3.09. The van der Waals surface area contributed by atoms with Crippen molar-refractivity contribution < 1.29 is 4.39 Å². The second-order valence-corrected chi connectivity index (χ2v) is 5.71. The molecule has 0 saturated carbocycles. The lowest BCUT2D eigenvalue weighted by Gasteiger charge is -2.08. The summed E-state index contributed by atoms with van der Waals surface area (Å²) in [4.78, 5) is 26.9. The summed E-state index contributed by atoms with van der Waals surface area (Å²) in [6.45, 7) is 1.62. The molecule has 5 nitrogen and oxygen atoms in total. The topological polar surface area (TPSA) is 59.8 Å². The highest BCUT2D eigenvalue weighted by Gasteiger charge is 2.16. The van der Waals surface area contributed by atoms with Crippen LogP contribution in [0.25, 0.3) is 16.7 Å². The smallest absolute Gasteiger partial charge is 0.316 e. The number of aryl methyl sites for hydroxylation is 2. The number of pyridine rings is 1. The Morgan fingerprint density at radius 1 is 1.29 bits per heavy atom. The maximum atomic E-state index is 14.1. The molecule has 0 fully saturated rings. The van der Waals surface area contributed by atoms with Crippen molar-refractivity contribution in [2.75, 3.05) is 0 Å². The van der Waals surface area contributed by atoms with Gasteiger partial charge in [-0.25, -0.2) is 9.18 Å². The molecule has 3 aromatic rings. The minimum absolute atomic E-state index is 0.103. The average molecular weight is 352 g/mol. The molecule has 0 saturated heterocycles. The van der Waals surface area contributed by atoms with Crippen molar-refractivity contribution in [2.24, 2.45) is 7.05 Å². The van der Waals surface area contributed by atoms with E-state index in [-0.39, 0.29) is 11.2 Å². The van der Waals surface area contributed by atoms with Crippen molar-refractivity contribution >= 4 is 27.0 Å². The summed E-state index contributed by atoms with van der Waals surface area (Å²) in [6, 6.07) is 4.40. The van der Waals surface area contributed by atoms with Gasteiger partial charge in [0.2, 0.25) is 0 Å². The molecule has 0 aliphatic heterocycles. The number of nitrogens with zero attached hydrogens (tertiary/aromatic N) is 2. The van der Waals surface area contributed by atoms with Gasteiger partial charge in [0.15, 0.2) is 0 Å². The first kappa shape index (κ1) is 13.8. The number of imidazole rings is 1. The highest BCUT2D eigenvalue weighted by Crippen LogP contribution is 2.22. The third-order valence-corrected chi connectivity index (χ3v) is 3.89. The third kappa shape index (κ3) is 2.04. The summed E-state index contributed by atoms with van der Waals surface area (Å²) < 4.78 is 17.3. The van der Waals surface area contributed by atoms with Crippen LogP contribution >= 0.6 is 15.9 Å². The van der Waals surface area contributed by atoms with Crippen LogP contribution < -0.4 is 11.2 Å². The summed E-state index contributed by atoms with van der Waals surface area (Å²) >= 11 is 3.17. The standard InChI is InChI=1S/C14H11BrFN3O2/c1-7-12-10(6-18(2)13(7)20)17-14(21)19(12)11-4-3-8(15)5-9(11)16/h3-6H,1-2H3,(H,17,21). The zero-order valence-electron chi connectivity index (χ0n) is 11.3. The van der Waals surface area contributed by atoms with Crippen LogP contribution in [-0.2, 0) is 7.05 Å². The van der Waals surface area contributed by atoms with Crippen molar-refractivity contribution in [3.63, 3.8) is 0 Å². The number of H-pyrrole nitrogens is 1. The van der Waals surface area contributed by atoms with Crippen molar-refractivity contribution in [3.05, 3.63) is 61.1 Å². The molecule has 21 heavy (non-hydrogen) atoms. The van der Waals surface area contributed by atoms with Crippen molar-refractivity contribution in [1.29, 1.82) is 0 Å². The summed E-state index contributed by atoms with van der Waals surface area (Å²) in [5, 5.41) is 0. The number of hydrogen-bond donors (Lipinski definition) is 1. The molecule has 2 heterocycles. The van der Waals surface area contributed by atoms with Gasteiger partial charge in [0, 0.05) is 23.3 Å². The van der Waals surface area contributed by atoms with Crippen molar-refractivity contribution in [3.8, 4) is 5.69 Å². The van der Waals surface area contributed by atoms with Gasteiger partial charge in [-0.2, -0.15) is 0 Å². The fraction of sp³-hybridized carbons (Fsp3) is 0.143. The lowest BCUT2D eigenvalue weighted by Crippen LogP contribution is -2.21. The second-order valence-electron chi connectivity index (χ2n) is 4.79. The van der Waals surface area contributed by atoms with E-state index in [9.17, 15) is 14.0 Å². The van der Waals surface area contributed by atoms with Crippen LogP contribution in [0.3, 0.4) is 0 Å². The summed E-state index contributed by atoms with van der Waals surface area (Å²) in [6.07, 6.45) is 1.53. The zero-order chi connectivity index (χ0) is 15.3. The number of halogens is 2. The lowest BCUT2D eigenvalue weighted by atomic mass is 10.2. The highest BCUT2D eigenvalue weighted by molar-refractivity contribution is 9.10. The van der Waals surface area contributed by atoms with Crippen LogP contribution in [-0.4, -0.2) is 14.1 Å². The Morgan fingerprint density at radius 3 is 2.67 bits per heavy atom. The van der Waals surface area contributed by atoms with Gasteiger partial charge >= 0.3 is 5.69 Å². The predicted molar refractivity (Wildman–Crippen MR) is 81.5 cm³/mol. The second kappa shape index (κ2) is 4.70. The molecule has 3 rings (SSSR count). The zero-order valence-corrected chi connectivity index (χ0v) is 12.9. The molecular weight excluding hydrogens is 341 g/mol. The maximum Gasteiger partial charge on any atom is 0.331 e. The number of nitrogens with one attached hydrogen (secondary N) is 1. The normalized spacial score (nSPS) is 11.2. The van der Waals surface area contributed by atoms with Gasteiger partial charge in [-0.05, 0) is 25.1 Å². The number of rotatable bonds is 1. The van der Waals surface area contributed by atoms with E-state index in [4.69, 9.17) is 0 Å². The Balaban J connectivity index is 2.48.